The second-order valence-electron chi connectivity index (χ2n) is 6.32. The van der Waals surface area contributed by atoms with Crippen LogP contribution in [0.25, 0.3) is 0 Å². The maximum absolute atomic E-state index is 9.97. The predicted octanol–water partition coefficient (Wildman–Crippen LogP) is 3.74. The van der Waals surface area contributed by atoms with E-state index in [4.69, 9.17) is 9.47 Å². The van der Waals surface area contributed by atoms with Crippen LogP contribution >= 0.6 is 0 Å². The van der Waals surface area contributed by atoms with Gasteiger partial charge in [-0.25, -0.2) is 0 Å². The molecule has 140 valence electrons. The Morgan fingerprint density at radius 2 is 1.15 bits per heavy atom. The van der Waals surface area contributed by atoms with Gasteiger partial charge in [0.1, 0.15) is 24.7 Å². The summed E-state index contributed by atoms with van der Waals surface area (Å²) in [6, 6.07) is 25.4. The van der Waals surface area contributed by atoms with Crippen molar-refractivity contribution >= 4 is 0 Å². The van der Waals surface area contributed by atoms with E-state index in [2.05, 4.69) is 0 Å². The summed E-state index contributed by atoms with van der Waals surface area (Å²) in [4.78, 5) is 0. The van der Waals surface area contributed by atoms with Crippen molar-refractivity contribution in [2.75, 3.05) is 6.61 Å². The van der Waals surface area contributed by atoms with Crippen LogP contribution in [0.2, 0.25) is 0 Å². The molecule has 0 fully saturated rings. The number of hydrogen-bond donors (Lipinski definition) is 2. The number of rotatable bonds is 9. The quantitative estimate of drug-likeness (QED) is 0.607. The summed E-state index contributed by atoms with van der Waals surface area (Å²) < 4.78 is 12.0. The van der Waals surface area contributed by atoms with Gasteiger partial charge in [-0.15, -0.1) is 0 Å². The highest BCUT2D eigenvalue weighted by atomic mass is 16.5. The number of ether oxygens (including phenoxy) is 2. The van der Waals surface area contributed by atoms with Gasteiger partial charge in [0.05, 0.1) is 12.7 Å². The Hall–Kier alpha value is -2.82. The fourth-order valence-electron chi connectivity index (χ4n) is 2.79. The number of aliphatic hydroxyl groups is 2. The maximum Gasteiger partial charge on any atom is 0.126 e. The van der Waals surface area contributed by atoms with Gasteiger partial charge in [-0.1, -0.05) is 66.7 Å². The highest BCUT2D eigenvalue weighted by Crippen LogP contribution is 2.31. The number of benzene rings is 3. The highest BCUT2D eigenvalue weighted by molar-refractivity contribution is 5.45. The minimum Gasteiger partial charge on any atom is -0.488 e. The van der Waals surface area contributed by atoms with E-state index in [1.165, 1.54) is 0 Å². The average molecular weight is 364 g/mol. The van der Waals surface area contributed by atoms with Crippen LogP contribution in [-0.2, 0) is 19.6 Å². The summed E-state index contributed by atoms with van der Waals surface area (Å²) in [6.07, 6.45) is -0.614. The van der Waals surface area contributed by atoms with Gasteiger partial charge in [-0.05, 0) is 23.3 Å². The molecule has 3 aromatic rings. The van der Waals surface area contributed by atoms with Crippen LogP contribution in [0.4, 0.5) is 0 Å². The molecule has 0 aromatic heterocycles. The molecule has 0 radical (unpaired) electrons. The van der Waals surface area contributed by atoms with Gasteiger partial charge in [-0.3, -0.25) is 0 Å². The van der Waals surface area contributed by atoms with Gasteiger partial charge < -0.3 is 19.7 Å². The van der Waals surface area contributed by atoms with E-state index >= 15 is 0 Å². The summed E-state index contributed by atoms with van der Waals surface area (Å²) in [6.45, 7) is 0.529. The molecule has 0 saturated heterocycles. The third-order valence-corrected chi connectivity index (χ3v) is 4.21. The topological polar surface area (TPSA) is 58.9 Å². The molecule has 0 aliphatic carbocycles. The molecule has 27 heavy (non-hydrogen) atoms. The van der Waals surface area contributed by atoms with E-state index < -0.39 is 6.10 Å². The normalized spacial score (nSPS) is 11.8. The predicted molar refractivity (Wildman–Crippen MR) is 105 cm³/mol. The highest BCUT2D eigenvalue weighted by Gasteiger charge is 2.15. The third kappa shape index (κ3) is 5.58. The second-order valence-corrected chi connectivity index (χ2v) is 6.32. The van der Waals surface area contributed by atoms with Gasteiger partial charge in [0.25, 0.3) is 0 Å². The minimum absolute atomic E-state index is 0.256. The van der Waals surface area contributed by atoms with Gasteiger partial charge >= 0.3 is 0 Å². The molecule has 0 saturated carbocycles. The maximum atomic E-state index is 9.97. The lowest BCUT2D eigenvalue weighted by Crippen LogP contribution is -2.16. The summed E-state index contributed by atoms with van der Waals surface area (Å²) >= 11 is 0. The summed E-state index contributed by atoms with van der Waals surface area (Å²) in [5.74, 6) is 1.30. The fraction of sp³-hybridized carbons (Fsp3) is 0.217. The molecular formula is C23H24O4. The van der Waals surface area contributed by atoms with Crippen molar-refractivity contribution in [3.8, 4) is 11.5 Å². The zero-order valence-electron chi connectivity index (χ0n) is 15.1. The van der Waals surface area contributed by atoms with E-state index in [-0.39, 0.29) is 13.0 Å². The lowest BCUT2D eigenvalue weighted by molar-refractivity contribution is 0.0938. The fourth-order valence-corrected chi connectivity index (χ4v) is 2.79. The molecule has 0 aliphatic rings. The van der Waals surface area contributed by atoms with Gasteiger partial charge in [0.15, 0.2) is 0 Å². The van der Waals surface area contributed by atoms with Crippen LogP contribution in [0.5, 0.6) is 11.5 Å². The van der Waals surface area contributed by atoms with Crippen molar-refractivity contribution in [3.05, 3.63) is 95.6 Å². The SMILES string of the molecule is OC[C@@H](O)Cc1c(OCc2ccccc2)cccc1OCc1ccccc1. The van der Waals surface area contributed by atoms with E-state index in [0.29, 0.717) is 24.7 Å². The van der Waals surface area contributed by atoms with Gasteiger partial charge in [-0.2, -0.15) is 0 Å². The molecule has 1 atom stereocenters. The smallest absolute Gasteiger partial charge is 0.126 e. The third-order valence-electron chi connectivity index (χ3n) is 4.21. The first-order valence-corrected chi connectivity index (χ1v) is 9.00. The van der Waals surface area contributed by atoms with Crippen LogP contribution < -0.4 is 9.47 Å². The Labute approximate surface area is 159 Å². The Balaban J connectivity index is 1.78. The zero-order chi connectivity index (χ0) is 18.9. The molecule has 0 spiro atoms. The van der Waals surface area contributed by atoms with Crippen molar-refractivity contribution in [3.63, 3.8) is 0 Å². The molecule has 3 aromatic carbocycles. The van der Waals surface area contributed by atoms with Crippen molar-refractivity contribution in [1.82, 2.24) is 0 Å². The van der Waals surface area contributed by atoms with Gasteiger partial charge in [0, 0.05) is 12.0 Å². The Bertz CT molecular complexity index is 757. The molecule has 4 nitrogen and oxygen atoms in total. The Kier molecular flexibility index (Phi) is 6.85. The first-order chi connectivity index (χ1) is 13.3. The molecule has 2 N–H and O–H groups in total. The van der Waals surface area contributed by atoms with E-state index in [1.54, 1.807) is 0 Å². The molecule has 0 bridgehead atoms. The molecular weight excluding hydrogens is 340 g/mol. The Morgan fingerprint density at radius 3 is 1.59 bits per heavy atom. The monoisotopic (exact) mass is 364 g/mol. The molecule has 3 rings (SSSR count). The molecule has 0 heterocycles. The van der Waals surface area contributed by atoms with Crippen LogP contribution in [-0.4, -0.2) is 22.9 Å². The molecule has 0 unspecified atom stereocenters. The van der Waals surface area contributed by atoms with Crippen LogP contribution in [0.3, 0.4) is 0 Å². The molecule has 0 amide bonds. The molecule has 0 aliphatic heterocycles. The lowest BCUT2D eigenvalue weighted by atomic mass is 10.1. The van der Waals surface area contributed by atoms with Crippen molar-refractivity contribution in [2.24, 2.45) is 0 Å². The van der Waals surface area contributed by atoms with Crippen molar-refractivity contribution in [1.29, 1.82) is 0 Å². The second kappa shape index (κ2) is 9.76. The van der Waals surface area contributed by atoms with E-state index in [9.17, 15) is 10.2 Å². The Morgan fingerprint density at radius 1 is 0.667 bits per heavy atom. The standard InChI is InChI=1S/C23H24O4/c24-15-20(25)14-21-22(26-16-18-8-3-1-4-9-18)12-7-13-23(21)27-17-19-10-5-2-6-11-19/h1-13,20,24-25H,14-17H2/t20-/m0/s1. The van der Waals surface area contributed by atoms with Crippen LogP contribution in [0, 0.1) is 0 Å². The van der Waals surface area contributed by atoms with Crippen LogP contribution in [0.1, 0.15) is 16.7 Å². The van der Waals surface area contributed by atoms with Gasteiger partial charge in [0.2, 0.25) is 0 Å². The largest absolute Gasteiger partial charge is 0.488 e. The first kappa shape index (κ1) is 19.0. The first-order valence-electron chi connectivity index (χ1n) is 9.00. The average Bonchev–Trinajstić information content (AvgIpc) is 2.73. The summed E-state index contributed by atoms with van der Waals surface area (Å²) in [5, 5.41) is 19.2. The van der Waals surface area contributed by atoms with Crippen molar-refractivity contribution < 1.29 is 19.7 Å². The number of hydrogen-bond acceptors (Lipinski definition) is 4. The molecule has 4 heteroatoms. The minimum atomic E-state index is -0.870. The lowest BCUT2D eigenvalue weighted by Gasteiger charge is -2.18. The number of aliphatic hydroxyl groups excluding tert-OH is 2. The van der Waals surface area contributed by atoms with Crippen molar-refractivity contribution in [2.45, 2.75) is 25.7 Å². The zero-order valence-corrected chi connectivity index (χ0v) is 15.1. The van der Waals surface area contributed by atoms with E-state index in [1.807, 2.05) is 78.9 Å². The van der Waals surface area contributed by atoms with E-state index in [0.717, 1.165) is 16.7 Å². The summed E-state index contributed by atoms with van der Waals surface area (Å²) in [7, 11) is 0. The summed E-state index contributed by atoms with van der Waals surface area (Å²) in [5.41, 5.74) is 2.87. The van der Waals surface area contributed by atoms with Crippen LogP contribution in [0.15, 0.2) is 78.9 Å².